The number of nitrogens with one attached hydrogen (secondary N) is 2. The molecule has 2 aromatic carbocycles. The number of amides is 3. The number of thioether (sulfide) groups is 1. The quantitative estimate of drug-likeness (QED) is 0.346. The molecule has 38 heavy (non-hydrogen) atoms. The Labute approximate surface area is 227 Å². The van der Waals surface area contributed by atoms with E-state index in [9.17, 15) is 24.3 Å². The number of carbonyl (C=O) groups excluding carboxylic acids is 4. The van der Waals surface area contributed by atoms with E-state index in [2.05, 4.69) is 10.6 Å². The molecule has 10 heteroatoms. The van der Waals surface area contributed by atoms with Crippen LogP contribution < -0.4 is 15.4 Å². The average Bonchev–Trinajstić information content (AvgIpc) is 3.33. The summed E-state index contributed by atoms with van der Waals surface area (Å²) in [6.07, 6.45) is -1.41. The van der Waals surface area contributed by atoms with Gasteiger partial charge in [0.05, 0.1) is 11.9 Å². The molecular formula is C28H35N3O6S. The Morgan fingerprint density at radius 3 is 2.42 bits per heavy atom. The average molecular weight is 542 g/mol. The first-order valence-corrected chi connectivity index (χ1v) is 13.5. The summed E-state index contributed by atoms with van der Waals surface area (Å²) in [5.74, 6) is -1.03. The molecule has 3 N–H and O–H groups in total. The van der Waals surface area contributed by atoms with Crippen LogP contribution in [0.15, 0.2) is 48.5 Å². The molecule has 1 saturated heterocycles. The molecule has 0 radical (unpaired) electrons. The number of nitrogens with zero attached hydrogens (tertiary/aromatic N) is 1. The van der Waals surface area contributed by atoms with Crippen LogP contribution in [0.25, 0.3) is 0 Å². The van der Waals surface area contributed by atoms with Crippen LogP contribution in [0.2, 0.25) is 0 Å². The maximum atomic E-state index is 13.5. The summed E-state index contributed by atoms with van der Waals surface area (Å²) < 4.78 is 5.19. The fraction of sp³-hybridized carbons (Fsp3) is 0.429. The highest BCUT2D eigenvalue weighted by atomic mass is 32.2. The maximum Gasteiger partial charge on any atom is 0.308 e. The summed E-state index contributed by atoms with van der Waals surface area (Å²) >= 11 is 1.43. The smallest absolute Gasteiger partial charge is 0.308 e. The van der Waals surface area contributed by atoms with E-state index >= 15 is 0 Å². The number of aliphatic hydroxyl groups excluding tert-OH is 1. The normalized spacial score (nSPS) is 16.9. The molecule has 0 aliphatic carbocycles. The second kappa shape index (κ2) is 12.4. The summed E-state index contributed by atoms with van der Waals surface area (Å²) in [7, 11) is 0. The molecule has 204 valence electrons. The number of hydrogen-bond donors (Lipinski definition) is 3. The zero-order valence-corrected chi connectivity index (χ0v) is 23.1. The van der Waals surface area contributed by atoms with E-state index in [0.29, 0.717) is 11.3 Å². The minimum atomic E-state index is -1.60. The van der Waals surface area contributed by atoms with Crippen LogP contribution in [-0.2, 0) is 20.8 Å². The van der Waals surface area contributed by atoms with Gasteiger partial charge in [0.1, 0.15) is 11.8 Å². The van der Waals surface area contributed by atoms with Gasteiger partial charge in [-0.15, -0.1) is 11.8 Å². The lowest BCUT2D eigenvalue weighted by atomic mass is 9.98. The van der Waals surface area contributed by atoms with E-state index in [1.165, 1.54) is 23.6 Å². The lowest BCUT2D eigenvalue weighted by Gasteiger charge is -2.31. The molecule has 0 saturated carbocycles. The molecule has 0 bridgehead atoms. The fourth-order valence-corrected chi connectivity index (χ4v) is 5.32. The number of carbonyl (C=O) groups is 4. The molecule has 1 fully saturated rings. The third-order valence-electron chi connectivity index (χ3n) is 6.00. The van der Waals surface area contributed by atoms with Crippen molar-refractivity contribution in [3.63, 3.8) is 0 Å². The van der Waals surface area contributed by atoms with Gasteiger partial charge in [0.15, 0.2) is 6.10 Å². The lowest BCUT2D eigenvalue weighted by Crippen LogP contribution is -2.57. The van der Waals surface area contributed by atoms with Crippen molar-refractivity contribution in [2.75, 3.05) is 11.6 Å². The molecule has 2 aromatic rings. The van der Waals surface area contributed by atoms with Gasteiger partial charge in [-0.1, -0.05) is 36.4 Å². The van der Waals surface area contributed by atoms with Crippen molar-refractivity contribution in [2.24, 2.45) is 0 Å². The molecule has 3 rings (SSSR count). The minimum Gasteiger partial charge on any atom is -0.426 e. The second-order valence-corrected chi connectivity index (χ2v) is 11.3. The molecule has 1 aliphatic heterocycles. The topological polar surface area (TPSA) is 125 Å². The molecule has 0 unspecified atom stereocenters. The Morgan fingerprint density at radius 2 is 1.79 bits per heavy atom. The first kappa shape index (κ1) is 29.2. The largest absolute Gasteiger partial charge is 0.426 e. The van der Waals surface area contributed by atoms with E-state index in [1.54, 1.807) is 25.1 Å². The van der Waals surface area contributed by atoms with Gasteiger partial charge in [0, 0.05) is 29.3 Å². The predicted molar refractivity (Wildman–Crippen MR) is 146 cm³/mol. The van der Waals surface area contributed by atoms with Crippen LogP contribution in [-0.4, -0.2) is 69.1 Å². The zero-order chi connectivity index (χ0) is 28.0. The highest BCUT2D eigenvalue weighted by Crippen LogP contribution is 2.25. The van der Waals surface area contributed by atoms with Crippen molar-refractivity contribution in [3.05, 3.63) is 65.2 Å². The van der Waals surface area contributed by atoms with E-state index < -0.39 is 41.5 Å². The Bertz CT molecular complexity index is 1180. The van der Waals surface area contributed by atoms with Crippen molar-refractivity contribution in [3.8, 4) is 5.75 Å². The van der Waals surface area contributed by atoms with Gasteiger partial charge < -0.3 is 25.4 Å². The minimum absolute atomic E-state index is 0.183. The Morgan fingerprint density at radius 1 is 1.11 bits per heavy atom. The molecule has 1 aliphatic rings. The van der Waals surface area contributed by atoms with Crippen LogP contribution in [0, 0.1) is 6.92 Å². The summed E-state index contributed by atoms with van der Waals surface area (Å²) in [5.41, 5.74) is 1.04. The van der Waals surface area contributed by atoms with E-state index in [4.69, 9.17) is 4.74 Å². The van der Waals surface area contributed by atoms with Crippen LogP contribution in [0.1, 0.15) is 49.2 Å². The number of ether oxygens (including phenoxy) is 1. The molecule has 9 nitrogen and oxygen atoms in total. The van der Waals surface area contributed by atoms with Gasteiger partial charge >= 0.3 is 5.97 Å². The third-order valence-corrected chi connectivity index (χ3v) is 7.01. The van der Waals surface area contributed by atoms with Gasteiger partial charge in [-0.2, -0.15) is 0 Å². The van der Waals surface area contributed by atoms with Crippen molar-refractivity contribution in [1.82, 2.24) is 15.5 Å². The van der Waals surface area contributed by atoms with Gasteiger partial charge in [-0.05, 0) is 51.8 Å². The lowest BCUT2D eigenvalue weighted by molar-refractivity contribution is -0.146. The van der Waals surface area contributed by atoms with Gasteiger partial charge in [0.25, 0.3) is 11.8 Å². The third kappa shape index (κ3) is 7.58. The van der Waals surface area contributed by atoms with Crippen molar-refractivity contribution in [1.29, 1.82) is 0 Å². The Hall–Kier alpha value is -3.37. The number of hydrogen-bond acceptors (Lipinski definition) is 7. The molecule has 0 aromatic heterocycles. The highest BCUT2D eigenvalue weighted by Gasteiger charge is 2.40. The summed E-state index contributed by atoms with van der Waals surface area (Å²) in [4.78, 5) is 52.5. The van der Waals surface area contributed by atoms with Crippen molar-refractivity contribution in [2.45, 2.75) is 64.8 Å². The van der Waals surface area contributed by atoms with Crippen molar-refractivity contribution >= 4 is 35.5 Å². The SMILES string of the molecule is CC(=O)Oc1cccc(C(=O)N[C@@H](Cc2ccccc2)[C@H](O)C(=O)N2CSC[C@H]2C(=O)NC(C)(C)C)c1C. The first-order chi connectivity index (χ1) is 17.9. The van der Waals surface area contributed by atoms with Crippen molar-refractivity contribution < 1.29 is 29.0 Å². The molecular weight excluding hydrogens is 506 g/mol. The summed E-state index contributed by atoms with van der Waals surface area (Å²) in [6.45, 7) is 8.50. The molecule has 1 heterocycles. The Kier molecular flexibility index (Phi) is 9.56. The summed E-state index contributed by atoms with van der Waals surface area (Å²) in [5, 5.41) is 17.0. The van der Waals surface area contributed by atoms with Crippen LogP contribution >= 0.6 is 11.8 Å². The number of rotatable bonds is 8. The van der Waals surface area contributed by atoms with E-state index in [0.717, 1.165) is 5.56 Å². The number of esters is 1. The molecule has 3 atom stereocenters. The van der Waals surface area contributed by atoms with E-state index in [-0.39, 0.29) is 29.5 Å². The molecule has 3 amide bonds. The summed E-state index contributed by atoms with van der Waals surface area (Å²) in [6, 6.07) is 12.2. The zero-order valence-electron chi connectivity index (χ0n) is 22.3. The number of aliphatic hydroxyl groups is 1. The van der Waals surface area contributed by atoms with Gasteiger partial charge in [0.2, 0.25) is 5.91 Å². The van der Waals surface area contributed by atoms with Gasteiger partial charge in [-0.3, -0.25) is 19.2 Å². The van der Waals surface area contributed by atoms with Crippen LogP contribution in [0.5, 0.6) is 5.75 Å². The molecule has 0 spiro atoms. The van der Waals surface area contributed by atoms with Gasteiger partial charge in [-0.25, -0.2) is 0 Å². The number of benzene rings is 2. The first-order valence-electron chi connectivity index (χ1n) is 12.4. The van der Waals surface area contributed by atoms with Crippen LogP contribution in [0.3, 0.4) is 0 Å². The second-order valence-electron chi connectivity index (χ2n) is 10.3. The Balaban J connectivity index is 1.85. The van der Waals surface area contributed by atoms with E-state index in [1.807, 2.05) is 51.1 Å². The predicted octanol–water partition coefficient (Wildman–Crippen LogP) is 2.44. The standard InChI is InChI=1S/C28H35N3O6S/c1-17-20(12-9-13-23(17)37-18(2)32)25(34)29-21(14-19-10-7-6-8-11-19)24(33)27(36)31-16-38-15-22(31)26(35)30-28(3,4)5/h6-13,21-22,24,33H,14-16H2,1-5H3,(H,29,34)(H,30,35)/t21-,22-,24-/m0/s1. The maximum absolute atomic E-state index is 13.5. The van der Waals surface area contributed by atoms with Crippen LogP contribution in [0.4, 0.5) is 0 Å². The fourth-order valence-electron chi connectivity index (χ4n) is 4.15. The monoisotopic (exact) mass is 541 g/mol. The highest BCUT2D eigenvalue weighted by molar-refractivity contribution is 7.99.